The van der Waals surface area contributed by atoms with E-state index in [2.05, 4.69) is 129 Å². The standard InChI is InChI=1S/C35H50/c1-27(17-12-18-29(3)22-24-33-31(5)20-14-26-35(33,8)9)15-10-11-16-28(2)21-23-32-30(4)19-13-25-34(32,6)7/h10-12,15-18,21-24H,13-14,19-20,25-26H2,1-9H3. The molecule has 2 rings (SSSR count). The molecule has 0 atom stereocenters. The smallest absolute Gasteiger partial charge is 0.0104 e. The fourth-order valence-corrected chi connectivity index (χ4v) is 5.38. The average molecular weight is 471 g/mol. The third kappa shape index (κ3) is 9.32. The van der Waals surface area contributed by atoms with Gasteiger partial charge in [0, 0.05) is 0 Å². The van der Waals surface area contributed by atoms with E-state index in [1.54, 1.807) is 11.1 Å². The SMILES string of the molecule is CC(C=CC=C(C)C=CC1=C(C)CCCC1(C)C)=CC=CC=C(C)C=CC1=C(C)CCCC1(C)C. The largest absolute Gasteiger partial charge is 0.0696 e. The molecular formula is C35H50. The zero-order valence-corrected chi connectivity index (χ0v) is 24.1. The normalized spacial score (nSPS) is 22.6. The Morgan fingerprint density at radius 2 is 0.943 bits per heavy atom. The molecule has 0 saturated carbocycles. The van der Waals surface area contributed by atoms with Crippen LogP contribution in [0.25, 0.3) is 0 Å². The van der Waals surface area contributed by atoms with Gasteiger partial charge in [-0.1, -0.05) is 122 Å². The molecule has 0 fully saturated rings. The molecule has 0 heterocycles. The van der Waals surface area contributed by atoms with E-state index >= 15 is 0 Å². The summed E-state index contributed by atoms with van der Waals surface area (Å²) in [6.45, 7) is 20.6. The average Bonchev–Trinajstić information content (AvgIpc) is 2.75. The second-order valence-corrected chi connectivity index (χ2v) is 12.0. The maximum Gasteiger partial charge on any atom is -0.0104 e. The van der Waals surface area contributed by atoms with Gasteiger partial charge in [-0.25, -0.2) is 0 Å². The molecule has 0 N–H and O–H groups in total. The molecule has 0 aromatic carbocycles. The fourth-order valence-electron chi connectivity index (χ4n) is 5.38. The lowest BCUT2D eigenvalue weighted by Gasteiger charge is -2.33. The zero-order valence-electron chi connectivity index (χ0n) is 24.1. The van der Waals surface area contributed by atoms with Gasteiger partial charge in [0.2, 0.25) is 0 Å². The molecule has 0 aliphatic heterocycles. The molecule has 0 bridgehead atoms. The quantitative estimate of drug-likeness (QED) is 0.309. The van der Waals surface area contributed by atoms with Crippen LogP contribution < -0.4 is 0 Å². The number of hydrogen-bond donors (Lipinski definition) is 0. The zero-order chi connectivity index (χ0) is 26.1. The van der Waals surface area contributed by atoms with Crippen molar-refractivity contribution in [1.29, 1.82) is 0 Å². The van der Waals surface area contributed by atoms with E-state index in [-0.39, 0.29) is 0 Å². The summed E-state index contributed by atoms with van der Waals surface area (Å²) in [5, 5.41) is 0. The summed E-state index contributed by atoms with van der Waals surface area (Å²) in [5.74, 6) is 0. The molecule has 2 aliphatic carbocycles. The highest BCUT2D eigenvalue weighted by molar-refractivity contribution is 5.38. The van der Waals surface area contributed by atoms with Crippen molar-refractivity contribution >= 4 is 0 Å². The van der Waals surface area contributed by atoms with Gasteiger partial charge in [-0.15, -0.1) is 0 Å². The van der Waals surface area contributed by atoms with Gasteiger partial charge in [-0.3, -0.25) is 0 Å². The molecule has 0 spiro atoms. The summed E-state index contributed by atoms with van der Waals surface area (Å²) >= 11 is 0. The Hall–Kier alpha value is -2.34. The first-order chi connectivity index (χ1) is 16.4. The van der Waals surface area contributed by atoms with Gasteiger partial charge in [0.25, 0.3) is 0 Å². The van der Waals surface area contributed by atoms with E-state index in [1.807, 2.05) is 0 Å². The number of allylic oxidation sites excluding steroid dienone is 18. The van der Waals surface area contributed by atoms with E-state index in [0.29, 0.717) is 10.8 Å². The molecule has 2 aliphatic rings. The summed E-state index contributed by atoms with van der Waals surface area (Å²) in [6, 6.07) is 0. The van der Waals surface area contributed by atoms with Gasteiger partial charge in [-0.2, -0.15) is 0 Å². The molecule has 0 amide bonds. The van der Waals surface area contributed by atoms with Crippen LogP contribution in [0.3, 0.4) is 0 Å². The summed E-state index contributed by atoms with van der Waals surface area (Å²) < 4.78 is 0. The van der Waals surface area contributed by atoms with Crippen LogP contribution >= 0.6 is 0 Å². The predicted molar refractivity (Wildman–Crippen MR) is 158 cm³/mol. The highest BCUT2D eigenvalue weighted by Gasteiger charge is 2.27. The Bertz CT molecular complexity index is 1020. The van der Waals surface area contributed by atoms with Crippen LogP contribution in [-0.2, 0) is 0 Å². The van der Waals surface area contributed by atoms with Gasteiger partial charge in [0.15, 0.2) is 0 Å². The monoisotopic (exact) mass is 470 g/mol. The van der Waals surface area contributed by atoms with Gasteiger partial charge in [-0.05, 0) is 95.1 Å². The van der Waals surface area contributed by atoms with Crippen molar-refractivity contribution in [3.05, 3.63) is 106 Å². The topological polar surface area (TPSA) is 0 Å². The van der Waals surface area contributed by atoms with E-state index in [4.69, 9.17) is 0 Å². The molecule has 190 valence electrons. The van der Waals surface area contributed by atoms with Gasteiger partial charge in [0.1, 0.15) is 0 Å². The Labute approximate surface area is 217 Å². The van der Waals surface area contributed by atoms with Crippen LogP contribution in [0.2, 0.25) is 0 Å². The van der Waals surface area contributed by atoms with Gasteiger partial charge in [0.05, 0.1) is 0 Å². The first-order valence-corrected chi connectivity index (χ1v) is 13.6. The lowest BCUT2D eigenvalue weighted by molar-refractivity contribution is 0.376. The first kappa shape index (κ1) is 28.9. The van der Waals surface area contributed by atoms with E-state index in [1.165, 1.54) is 66.4 Å². The van der Waals surface area contributed by atoms with Gasteiger partial charge < -0.3 is 0 Å². The highest BCUT2D eigenvalue weighted by Crippen LogP contribution is 2.41. The lowest BCUT2D eigenvalue weighted by Crippen LogP contribution is -2.19. The van der Waals surface area contributed by atoms with Crippen LogP contribution in [0.15, 0.2) is 106 Å². The second kappa shape index (κ2) is 13.1. The van der Waals surface area contributed by atoms with Crippen molar-refractivity contribution in [3.8, 4) is 0 Å². The summed E-state index contributed by atoms with van der Waals surface area (Å²) in [7, 11) is 0. The van der Waals surface area contributed by atoms with Crippen molar-refractivity contribution < 1.29 is 0 Å². The molecule has 0 heteroatoms. The number of rotatable bonds is 8. The lowest BCUT2D eigenvalue weighted by atomic mass is 9.72. The van der Waals surface area contributed by atoms with Crippen LogP contribution in [0.4, 0.5) is 0 Å². The molecule has 35 heavy (non-hydrogen) atoms. The maximum absolute atomic E-state index is 2.37. The third-order valence-electron chi connectivity index (χ3n) is 7.66. The van der Waals surface area contributed by atoms with Crippen LogP contribution in [0.5, 0.6) is 0 Å². The Morgan fingerprint density at radius 3 is 1.34 bits per heavy atom. The minimum atomic E-state index is 0.298. The minimum absolute atomic E-state index is 0.298. The number of hydrogen-bond acceptors (Lipinski definition) is 0. The van der Waals surface area contributed by atoms with Crippen molar-refractivity contribution in [1.82, 2.24) is 0 Å². The molecule has 0 aromatic heterocycles. The molecule has 0 unspecified atom stereocenters. The van der Waals surface area contributed by atoms with Gasteiger partial charge >= 0.3 is 0 Å². The Kier molecular flexibility index (Phi) is 10.8. The molecule has 0 saturated heterocycles. The van der Waals surface area contributed by atoms with E-state index < -0.39 is 0 Å². The predicted octanol–water partition coefficient (Wildman–Crippen LogP) is 11.1. The summed E-state index contributed by atoms with van der Waals surface area (Å²) in [6.07, 6.45) is 32.0. The molecule has 0 radical (unpaired) electrons. The first-order valence-electron chi connectivity index (χ1n) is 13.6. The third-order valence-corrected chi connectivity index (χ3v) is 7.66. The molecule has 0 aromatic rings. The second-order valence-electron chi connectivity index (χ2n) is 12.0. The highest BCUT2D eigenvalue weighted by atomic mass is 14.3. The van der Waals surface area contributed by atoms with Crippen molar-refractivity contribution in [3.63, 3.8) is 0 Å². The molecular weight excluding hydrogens is 420 g/mol. The van der Waals surface area contributed by atoms with Crippen LogP contribution in [-0.4, -0.2) is 0 Å². The van der Waals surface area contributed by atoms with Crippen LogP contribution in [0, 0.1) is 10.8 Å². The molecule has 0 nitrogen and oxygen atoms in total. The fraction of sp³-hybridized carbons (Fsp3) is 0.486. The minimum Gasteiger partial charge on any atom is -0.0696 e. The van der Waals surface area contributed by atoms with Crippen molar-refractivity contribution in [2.75, 3.05) is 0 Å². The van der Waals surface area contributed by atoms with Crippen molar-refractivity contribution in [2.24, 2.45) is 10.8 Å². The summed E-state index contributed by atoms with van der Waals surface area (Å²) in [5.41, 5.74) is 10.5. The Morgan fingerprint density at radius 1 is 0.571 bits per heavy atom. The Balaban J connectivity index is 1.93. The maximum atomic E-state index is 2.37. The van der Waals surface area contributed by atoms with E-state index in [0.717, 1.165) is 0 Å². The summed E-state index contributed by atoms with van der Waals surface area (Å²) in [4.78, 5) is 0. The van der Waals surface area contributed by atoms with E-state index in [9.17, 15) is 0 Å². The van der Waals surface area contributed by atoms with Crippen molar-refractivity contribution in [2.45, 2.75) is 101 Å². The van der Waals surface area contributed by atoms with Crippen LogP contribution in [0.1, 0.15) is 101 Å².